The summed E-state index contributed by atoms with van der Waals surface area (Å²) in [6.07, 6.45) is 1.11. The highest BCUT2D eigenvalue weighted by atomic mass is 19.1. The van der Waals surface area contributed by atoms with Crippen LogP contribution >= 0.6 is 0 Å². The van der Waals surface area contributed by atoms with Gasteiger partial charge in [0.25, 0.3) is 11.6 Å². The van der Waals surface area contributed by atoms with Crippen LogP contribution < -0.4 is 14.9 Å². The van der Waals surface area contributed by atoms with Crippen LogP contribution in [0.25, 0.3) is 0 Å². The van der Waals surface area contributed by atoms with Crippen molar-refractivity contribution < 1.29 is 23.6 Å². The maximum Gasteiger partial charge on any atom is 0.282 e. The minimum absolute atomic E-state index is 0.0244. The van der Waals surface area contributed by atoms with E-state index < -0.39 is 16.6 Å². The lowest BCUT2D eigenvalue weighted by atomic mass is 10.1. The number of hydrogen-bond acceptors (Lipinski definition) is 6. The van der Waals surface area contributed by atoms with E-state index in [1.54, 1.807) is 0 Å². The van der Waals surface area contributed by atoms with Crippen LogP contribution in [0.1, 0.15) is 15.9 Å². The SMILES string of the molecule is O=C(N/N=C/c1cc2c(cc1[N+](=O)[O-])OCO2)c1cccc(F)c1. The number of halogens is 1. The first-order valence-corrected chi connectivity index (χ1v) is 6.71. The van der Waals surface area contributed by atoms with Gasteiger partial charge in [0, 0.05) is 5.56 Å². The second-order valence-electron chi connectivity index (χ2n) is 4.73. The summed E-state index contributed by atoms with van der Waals surface area (Å²) in [7, 11) is 0. The van der Waals surface area contributed by atoms with E-state index in [1.165, 1.54) is 30.3 Å². The number of carbonyl (C=O) groups excluding carboxylic acids is 1. The largest absolute Gasteiger partial charge is 0.454 e. The van der Waals surface area contributed by atoms with Gasteiger partial charge in [0.1, 0.15) is 5.82 Å². The maximum atomic E-state index is 13.1. The fraction of sp³-hybridized carbons (Fsp3) is 0.0667. The molecule has 1 aliphatic rings. The van der Waals surface area contributed by atoms with E-state index >= 15 is 0 Å². The predicted molar refractivity (Wildman–Crippen MR) is 80.7 cm³/mol. The zero-order chi connectivity index (χ0) is 17.1. The maximum absolute atomic E-state index is 13.1. The second kappa shape index (κ2) is 6.32. The van der Waals surface area contributed by atoms with Gasteiger partial charge in [-0.3, -0.25) is 14.9 Å². The van der Waals surface area contributed by atoms with Crippen molar-refractivity contribution in [3.8, 4) is 11.5 Å². The standard InChI is InChI=1S/C15H10FN3O5/c16-11-3-1-2-9(4-11)15(20)18-17-7-10-5-13-14(24-8-23-13)6-12(10)19(21)22/h1-7H,8H2,(H,18,20)/b17-7+. The van der Waals surface area contributed by atoms with Crippen molar-refractivity contribution in [3.05, 3.63) is 63.5 Å². The Bertz CT molecular complexity index is 853. The summed E-state index contributed by atoms with van der Waals surface area (Å²) in [6.45, 7) is -0.0244. The minimum atomic E-state index is -0.644. The molecular formula is C15H10FN3O5. The summed E-state index contributed by atoms with van der Waals surface area (Å²) < 4.78 is 23.3. The van der Waals surface area contributed by atoms with Gasteiger partial charge >= 0.3 is 0 Å². The number of nitro groups is 1. The Morgan fingerprint density at radius 1 is 1.29 bits per heavy atom. The number of nitrogens with one attached hydrogen (secondary N) is 1. The molecule has 0 radical (unpaired) electrons. The zero-order valence-electron chi connectivity index (χ0n) is 12.1. The molecule has 3 rings (SSSR count). The molecule has 0 saturated heterocycles. The number of benzene rings is 2. The highest BCUT2D eigenvalue weighted by Gasteiger charge is 2.22. The van der Waals surface area contributed by atoms with E-state index in [9.17, 15) is 19.3 Å². The molecule has 9 heteroatoms. The number of rotatable bonds is 4. The van der Waals surface area contributed by atoms with Crippen LogP contribution in [0.15, 0.2) is 41.5 Å². The molecule has 0 aliphatic carbocycles. The summed E-state index contributed by atoms with van der Waals surface area (Å²) in [4.78, 5) is 22.3. The van der Waals surface area contributed by atoms with Crippen molar-refractivity contribution in [2.75, 3.05) is 6.79 Å². The van der Waals surface area contributed by atoms with Gasteiger partial charge in [-0.2, -0.15) is 5.10 Å². The Hall–Kier alpha value is -3.49. The van der Waals surface area contributed by atoms with Crippen LogP contribution in [0, 0.1) is 15.9 Å². The van der Waals surface area contributed by atoms with Crippen LogP contribution in [0.2, 0.25) is 0 Å². The topological polar surface area (TPSA) is 103 Å². The van der Waals surface area contributed by atoms with Crippen LogP contribution in [-0.4, -0.2) is 23.8 Å². The third-order valence-electron chi connectivity index (χ3n) is 3.18. The molecule has 1 aliphatic heterocycles. The second-order valence-corrected chi connectivity index (χ2v) is 4.73. The Balaban J connectivity index is 1.79. The first-order valence-electron chi connectivity index (χ1n) is 6.71. The van der Waals surface area contributed by atoms with E-state index in [2.05, 4.69) is 10.5 Å². The molecule has 1 N–H and O–H groups in total. The van der Waals surface area contributed by atoms with Crippen molar-refractivity contribution >= 4 is 17.8 Å². The fourth-order valence-corrected chi connectivity index (χ4v) is 2.06. The van der Waals surface area contributed by atoms with Crippen molar-refractivity contribution in [2.45, 2.75) is 0 Å². The average molecular weight is 331 g/mol. The van der Waals surface area contributed by atoms with Crippen molar-refractivity contribution in [1.29, 1.82) is 0 Å². The van der Waals surface area contributed by atoms with Gasteiger partial charge in [0.05, 0.1) is 22.8 Å². The first-order chi connectivity index (χ1) is 11.5. The molecule has 1 amide bonds. The van der Waals surface area contributed by atoms with Gasteiger partial charge in [0.2, 0.25) is 6.79 Å². The molecule has 24 heavy (non-hydrogen) atoms. The molecule has 0 saturated carbocycles. The molecule has 2 aromatic rings. The number of fused-ring (bicyclic) bond motifs is 1. The van der Waals surface area contributed by atoms with Gasteiger partial charge in [-0.05, 0) is 24.3 Å². The van der Waals surface area contributed by atoms with E-state index in [0.717, 1.165) is 12.3 Å². The lowest BCUT2D eigenvalue weighted by Crippen LogP contribution is -2.17. The lowest BCUT2D eigenvalue weighted by Gasteiger charge is -2.02. The van der Waals surface area contributed by atoms with Gasteiger partial charge in [-0.15, -0.1) is 0 Å². The quantitative estimate of drug-likeness (QED) is 0.526. The average Bonchev–Trinajstić information content (AvgIpc) is 3.01. The third kappa shape index (κ3) is 3.14. The number of nitrogens with zero attached hydrogens (tertiary/aromatic N) is 2. The smallest absolute Gasteiger partial charge is 0.282 e. The van der Waals surface area contributed by atoms with Crippen LogP contribution in [0.5, 0.6) is 11.5 Å². The highest BCUT2D eigenvalue weighted by Crippen LogP contribution is 2.37. The van der Waals surface area contributed by atoms with E-state index in [-0.39, 0.29) is 29.4 Å². The fourth-order valence-electron chi connectivity index (χ4n) is 2.06. The molecule has 122 valence electrons. The number of hydrazone groups is 1. The van der Waals surface area contributed by atoms with Gasteiger partial charge in [-0.25, -0.2) is 9.82 Å². The Morgan fingerprint density at radius 2 is 2.04 bits per heavy atom. The van der Waals surface area contributed by atoms with Crippen LogP contribution in [0.4, 0.5) is 10.1 Å². The highest BCUT2D eigenvalue weighted by molar-refractivity contribution is 5.95. The molecule has 0 atom stereocenters. The molecule has 0 fully saturated rings. The van der Waals surface area contributed by atoms with Crippen molar-refractivity contribution in [3.63, 3.8) is 0 Å². The summed E-state index contributed by atoms with van der Waals surface area (Å²) in [5.74, 6) is -0.590. The predicted octanol–water partition coefficient (Wildman–Crippen LogP) is 2.23. The molecular weight excluding hydrogens is 321 g/mol. The summed E-state index contributed by atoms with van der Waals surface area (Å²) in [5, 5.41) is 14.8. The number of hydrogen-bond donors (Lipinski definition) is 1. The normalized spacial score (nSPS) is 12.4. The lowest BCUT2D eigenvalue weighted by molar-refractivity contribution is -0.385. The monoisotopic (exact) mass is 331 g/mol. The number of carbonyl (C=O) groups is 1. The summed E-state index contributed by atoms with van der Waals surface area (Å²) in [6, 6.07) is 7.66. The van der Waals surface area contributed by atoms with Gasteiger partial charge < -0.3 is 9.47 Å². The first kappa shape index (κ1) is 15.4. The summed E-state index contributed by atoms with van der Waals surface area (Å²) in [5.41, 5.74) is 2.14. The summed E-state index contributed by atoms with van der Waals surface area (Å²) >= 11 is 0. The van der Waals surface area contributed by atoms with E-state index in [4.69, 9.17) is 9.47 Å². The zero-order valence-corrected chi connectivity index (χ0v) is 12.1. The number of ether oxygens (including phenoxy) is 2. The van der Waals surface area contributed by atoms with Crippen LogP contribution in [-0.2, 0) is 0 Å². The number of amides is 1. The molecule has 8 nitrogen and oxygen atoms in total. The van der Waals surface area contributed by atoms with E-state index in [1.807, 2.05) is 0 Å². The van der Waals surface area contributed by atoms with Crippen molar-refractivity contribution in [1.82, 2.24) is 5.43 Å². The molecule has 2 aromatic carbocycles. The molecule has 0 unspecified atom stereocenters. The molecule has 0 bridgehead atoms. The molecule has 1 heterocycles. The minimum Gasteiger partial charge on any atom is -0.454 e. The van der Waals surface area contributed by atoms with E-state index in [0.29, 0.717) is 5.75 Å². The Morgan fingerprint density at radius 3 is 2.75 bits per heavy atom. The molecule has 0 aromatic heterocycles. The van der Waals surface area contributed by atoms with Gasteiger partial charge in [-0.1, -0.05) is 6.07 Å². The van der Waals surface area contributed by atoms with Crippen molar-refractivity contribution in [2.24, 2.45) is 5.10 Å². The Labute approximate surface area is 134 Å². The third-order valence-corrected chi connectivity index (χ3v) is 3.18. The Kier molecular flexibility index (Phi) is 4.06. The van der Waals surface area contributed by atoms with Crippen LogP contribution in [0.3, 0.4) is 0 Å². The molecule has 0 spiro atoms. The number of nitro benzene ring substituents is 1. The van der Waals surface area contributed by atoms with Gasteiger partial charge in [0.15, 0.2) is 11.5 Å².